The molecule has 7 nitrogen and oxygen atoms in total. The number of nitrogens with one attached hydrogen (secondary N) is 2. The molecule has 0 spiro atoms. The van der Waals surface area contributed by atoms with Crippen molar-refractivity contribution in [1.82, 2.24) is 20.5 Å². The maximum Gasteiger partial charge on any atom is 0.573 e. The van der Waals surface area contributed by atoms with Crippen LogP contribution in [0.3, 0.4) is 0 Å². The van der Waals surface area contributed by atoms with E-state index in [-0.39, 0.29) is 24.1 Å². The quantitative estimate of drug-likeness (QED) is 0.787. The number of benzene rings is 1. The first kappa shape index (κ1) is 14.6. The summed E-state index contributed by atoms with van der Waals surface area (Å²) in [5.74, 6) is -0.978. The minimum absolute atomic E-state index is 0.0514. The second-order valence-electron chi connectivity index (χ2n) is 3.92. The Hall–Kier alpha value is -2.78. The van der Waals surface area contributed by atoms with Gasteiger partial charge in [0.2, 0.25) is 11.8 Å². The van der Waals surface area contributed by atoms with Gasteiger partial charge in [-0.3, -0.25) is 9.89 Å². The molecule has 1 heterocycles. The average Bonchev–Trinajstić information content (AvgIpc) is 2.82. The molecule has 1 aromatic heterocycles. The summed E-state index contributed by atoms with van der Waals surface area (Å²) in [6.45, 7) is 0.103. The number of H-pyrrole nitrogens is 1. The molecule has 0 saturated heterocycles. The van der Waals surface area contributed by atoms with Crippen molar-refractivity contribution >= 4 is 11.9 Å². The Balaban J connectivity index is 1.90. The van der Waals surface area contributed by atoms with Crippen molar-refractivity contribution in [2.75, 3.05) is 5.73 Å². The summed E-state index contributed by atoms with van der Waals surface area (Å²) in [4.78, 5) is 15.2. The van der Waals surface area contributed by atoms with Crippen LogP contribution in [-0.2, 0) is 6.54 Å². The van der Waals surface area contributed by atoms with Crippen molar-refractivity contribution in [2.45, 2.75) is 12.9 Å². The first-order valence-electron chi connectivity index (χ1n) is 5.64. The van der Waals surface area contributed by atoms with Gasteiger partial charge in [0.05, 0.1) is 0 Å². The van der Waals surface area contributed by atoms with Crippen molar-refractivity contribution in [3.63, 3.8) is 0 Å². The molecule has 2 rings (SSSR count). The number of nitrogen functional groups attached to an aromatic ring is 1. The smallest absolute Gasteiger partial charge is 0.406 e. The molecule has 4 N–H and O–H groups in total. The summed E-state index contributed by atoms with van der Waals surface area (Å²) in [6.07, 6.45) is -4.73. The molecule has 0 aliphatic rings. The number of hydrogen-bond donors (Lipinski definition) is 3. The van der Waals surface area contributed by atoms with Crippen molar-refractivity contribution < 1.29 is 22.7 Å². The number of hydrogen-bond acceptors (Lipinski definition) is 5. The fourth-order valence-corrected chi connectivity index (χ4v) is 1.45. The average molecular weight is 301 g/mol. The van der Waals surface area contributed by atoms with Crippen molar-refractivity contribution in [3.05, 3.63) is 35.7 Å². The van der Waals surface area contributed by atoms with E-state index in [0.29, 0.717) is 5.56 Å². The number of halogens is 3. The van der Waals surface area contributed by atoms with E-state index >= 15 is 0 Å². The number of rotatable bonds is 4. The van der Waals surface area contributed by atoms with Crippen LogP contribution in [0, 0.1) is 0 Å². The van der Waals surface area contributed by atoms with Gasteiger partial charge in [-0.1, -0.05) is 12.1 Å². The predicted octanol–water partition coefficient (Wildman–Crippen LogP) is 1.22. The Morgan fingerprint density at radius 1 is 1.33 bits per heavy atom. The molecule has 0 unspecified atom stereocenters. The maximum atomic E-state index is 12.0. The van der Waals surface area contributed by atoms with Crippen LogP contribution in [-0.4, -0.2) is 27.5 Å². The monoisotopic (exact) mass is 301 g/mol. The normalized spacial score (nSPS) is 11.2. The van der Waals surface area contributed by atoms with Crippen LogP contribution >= 0.6 is 0 Å². The highest BCUT2D eigenvalue weighted by atomic mass is 19.4. The highest BCUT2D eigenvalue weighted by Gasteiger charge is 2.30. The van der Waals surface area contributed by atoms with E-state index in [1.54, 1.807) is 0 Å². The number of carbonyl (C=O) groups is 1. The van der Waals surface area contributed by atoms with E-state index in [2.05, 4.69) is 25.2 Å². The Morgan fingerprint density at radius 2 is 2.00 bits per heavy atom. The Bertz CT molecular complexity index is 624. The minimum Gasteiger partial charge on any atom is -0.406 e. The van der Waals surface area contributed by atoms with Gasteiger partial charge in [-0.25, -0.2) is 0 Å². The van der Waals surface area contributed by atoms with Gasteiger partial charge in [-0.2, -0.15) is 4.98 Å². The number of aromatic amines is 1. The van der Waals surface area contributed by atoms with Gasteiger partial charge in [0.1, 0.15) is 5.75 Å². The second-order valence-corrected chi connectivity index (χ2v) is 3.92. The molecule has 0 aliphatic heterocycles. The van der Waals surface area contributed by atoms with E-state index in [1.807, 2.05) is 0 Å². The van der Waals surface area contributed by atoms with Gasteiger partial charge >= 0.3 is 6.36 Å². The van der Waals surface area contributed by atoms with E-state index < -0.39 is 12.3 Å². The van der Waals surface area contributed by atoms with Crippen LogP contribution in [0.5, 0.6) is 5.75 Å². The predicted molar refractivity (Wildman–Crippen MR) is 65.1 cm³/mol. The molecule has 2 aromatic rings. The number of aromatic nitrogens is 3. The highest BCUT2D eigenvalue weighted by molar-refractivity contribution is 5.90. The maximum absolute atomic E-state index is 12.0. The zero-order valence-electron chi connectivity index (χ0n) is 10.4. The van der Waals surface area contributed by atoms with E-state index in [1.165, 1.54) is 12.1 Å². The molecular weight excluding hydrogens is 291 g/mol. The molecule has 0 radical (unpaired) electrons. The largest absolute Gasteiger partial charge is 0.573 e. The van der Waals surface area contributed by atoms with Gasteiger partial charge in [-0.15, -0.1) is 18.3 Å². The summed E-state index contributed by atoms with van der Waals surface area (Å²) in [5.41, 5.74) is 5.84. The van der Waals surface area contributed by atoms with Crippen molar-refractivity contribution in [1.29, 1.82) is 0 Å². The molecule has 10 heteroatoms. The SMILES string of the molecule is Nc1n[nH]c(C(=O)NCc2ccc(OC(F)(F)F)cc2)n1. The summed E-state index contributed by atoms with van der Waals surface area (Å²) in [6, 6.07) is 5.11. The molecule has 0 atom stereocenters. The number of nitrogens with zero attached hydrogens (tertiary/aromatic N) is 2. The lowest BCUT2D eigenvalue weighted by molar-refractivity contribution is -0.274. The number of carbonyl (C=O) groups excluding carboxylic acids is 1. The fourth-order valence-electron chi connectivity index (χ4n) is 1.45. The summed E-state index contributed by atoms with van der Waals surface area (Å²) >= 11 is 0. The molecule has 0 bridgehead atoms. The van der Waals surface area contributed by atoms with Gasteiger partial charge < -0.3 is 15.8 Å². The lowest BCUT2D eigenvalue weighted by atomic mass is 10.2. The van der Waals surface area contributed by atoms with Gasteiger partial charge in [-0.05, 0) is 17.7 Å². The standard InChI is InChI=1S/C11H10F3N5O2/c12-11(13,14)21-7-3-1-6(2-4-7)5-16-9(20)8-17-10(15)19-18-8/h1-4H,5H2,(H,16,20)(H3,15,17,18,19). The summed E-state index contributed by atoms with van der Waals surface area (Å²) in [7, 11) is 0. The number of amides is 1. The van der Waals surface area contributed by atoms with Crippen LogP contribution in [0.2, 0.25) is 0 Å². The molecule has 1 amide bonds. The molecule has 0 saturated carbocycles. The number of alkyl halides is 3. The van der Waals surface area contributed by atoms with Crippen LogP contribution in [0.1, 0.15) is 16.2 Å². The second kappa shape index (κ2) is 5.69. The zero-order chi connectivity index (χ0) is 15.5. The van der Waals surface area contributed by atoms with E-state index in [9.17, 15) is 18.0 Å². The van der Waals surface area contributed by atoms with Gasteiger partial charge in [0.25, 0.3) is 5.91 Å². The Morgan fingerprint density at radius 3 is 2.52 bits per heavy atom. The molecule has 0 aliphatic carbocycles. The fraction of sp³-hybridized carbons (Fsp3) is 0.182. The third kappa shape index (κ3) is 4.37. The molecule has 0 fully saturated rings. The molecule has 1 aromatic carbocycles. The van der Waals surface area contributed by atoms with Crippen molar-refractivity contribution in [3.8, 4) is 5.75 Å². The lowest BCUT2D eigenvalue weighted by Crippen LogP contribution is -2.24. The molecule has 21 heavy (non-hydrogen) atoms. The van der Waals surface area contributed by atoms with Crippen LogP contribution in [0.4, 0.5) is 19.1 Å². The van der Waals surface area contributed by atoms with Gasteiger partial charge in [0, 0.05) is 6.54 Å². The highest BCUT2D eigenvalue weighted by Crippen LogP contribution is 2.22. The first-order valence-corrected chi connectivity index (χ1v) is 5.64. The third-order valence-electron chi connectivity index (χ3n) is 2.33. The third-order valence-corrected chi connectivity index (χ3v) is 2.33. The first-order chi connectivity index (χ1) is 9.83. The van der Waals surface area contributed by atoms with Crippen molar-refractivity contribution in [2.24, 2.45) is 0 Å². The molecule has 112 valence electrons. The number of ether oxygens (including phenoxy) is 1. The topological polar surface area (TPSA) is 106 Å². The van der Waals surface area contributed by atoms with E-state index in [0.717, 1.165) is 12.1 Å². The summed E-state index contributed by atoms with van der Waals surface area (Å²) < 4.78 is 39.7. The summed E-state index contributed by atoms with van der Waals surface area (Å²) in [5, 5.41) is 8.33. The van der Waals surface area contributed by atoms with Crippen LogP contribution in [0.25, 0.3) is 0 Å². The zero-order valence-corrected chi connectivity index (χ0v) is 10.4. The number of anilines is 1. The van der Waals surface area contributed by atoms with Crippen LogP contribution in [0.15, 0.2) is 24.3 Å². The molecular formula is C11H10F3N5O2. The Kier molecular flexibility index (Phi) is 3.96. The lowest BCUT2D eigenvalue weighted by Gasteiger charge is -2.09. The minimum atomic E-state index is -4.73. The Labute approximate surface area is 116 Å². The van der Waals surface area contributed by atoms with Gasteiger partial charge in [0.15, 0.2) is 0 Å². The van der Waals surface area contributed by atoms with E-state index in [4.69, 9.17) is 5.73 Å². The van der Waals surface area contributed by atoms with Crippen LogP contribution < -0.4 is 15.8 Å². The number of nitrogens with two attached hydrogens (primary N) is 1.